The van der Waals surface area contributed by atoms with Crippen LogP contribution in [-0.2, 0) is 4.79 Å². The zero-order valence-electron chi connectivity index (χ0n) is 13.1. The minimum Gasteiger partial charge on any atom is -0.482 e. The molecule has 0 aliphatic carbocycles. The smallest absolute Gasteiger partial charge is 0.262 e. The van der Waals surface area contributed by atoms with Gasteiger partial charge < -0.3 is 14.5 Å². The molecule has 0 atom stereocenters. The van der Waals surface area contributed by atoms with E-state index in [1.54, 1.807) is 49.4 Å². The summed E-state index contributed by atoms with van der Waals surface area (Å²) in [5.41, 5.74) is 1.39. The number of halogens is 2. The highest BCUT2D eigenvalue weighted by Crippen LogP contribution is 2.27. The lowest BCUT2D eigenvalue weighted by atomic mass is 10.2. The van der Waals surface area contributed by atoms with Gasteiger partial charge in [0.05, 0.1) is 5.02 Å². The molecular formula is C17H13Cl2N3O3. The topological polar surface area (TPSA) is 77.2 Å². The summed E-state index contributed by atoms with van der Waals surface area (Å²) in [6.45, 7) is 1.55. The molecule has 0 saturated carbocycles. The molecule has 3 aromatic rings. The quantitative estimate of drug-likeness (QED) is 0.714. The van der Waals surface area contributed by atoms with Gasteiger partial charge in [-0.1, -0.05) is 23.2 Å². The molecule has 0 radical (unpaired) electrons. The van der Waals surface area contributed by atoms with Crippen LogP contribution in [0.5, 0.6) is 5.75 Å². The number of aromatic nitrogens is 2. The maximum atomic E-state index is 12.0. The van der Waals surface area contributed by atoms with Gasteiger partial charge in [-0.3, -0.25) is 4.79 Å². The second kappa shape index (κ2) is 7.55. The number of aryl methyl sites for hydroxylation is 1. The van der Waals surface area contributed by atoms with Gasteiger partial charge in [0.2, 0.25) is 11.8 Å². The van der Waals surface area contributed by atoms with Crippen LogP contribution in [0.4, 0.5) is 5.69 Å². The number of nitrogens with one attached hydrogen (secondary N) is 1. The van der Waals surface area contributed by atoms with E-state index >= 15 is 0 Å². The number of benzene rings is 2. The summed E-state index contributed by atoms with van der Waals surface area (Å²) in [5, 5.41) is 11.3. The van der Waals surface area contributed by atoms with Crippen LogP contribution in [0.1, 0.15) is 5.89 Å². The first-order valence-electron chi connectivity index (χ1n) is 7.29. The van der Waals surface area contributed by atoms with Crippen molar-refractivity contribution in [2.24, 2.45) is 0 Å². The lowest BCUT2D eigenvalue weighted by molar-refractivity contribution is -0.118. The molecule has 6 nitrogen and oxygen atoms in total. The van der Waals surface area contributed by atoms with Crippen LogP contribution >= 0.6 is 23.2 Å². The molecule has 0 unspecified atom stereocenters. The van der Waals surface area contributed by atoms with E-state index in [0.717, 1.165) is 5.56 Å². The van der Waals surface area contributed by atoms with E-state index < -0.39 is 0 Å². The molecule has 0 bridgehead atoms. The van der Waals surface area contributed by atoms with Crippen molar-refractivity contribution in [2.75, 3.05) is 11.9 Å². The summed E-state index contributed by atoms with van der Waals surface area (Å²) in [4.78, 5) is 12.0. The van der Waals surface area contributed by atoms with E-state index in [1.165, 1.54) is 0 Å². The highest BCUT2D eigenvalue weighted by atomic mass is 35.5. The number of anilines is 1. The zero-order chi connectivity index (χ0) is 17.8. The Morgan fingerprint density at radius 3 is 2.56 bits per heavy atom. The van der Waals surface area contributed by atoms with E-state index in [4.69, 9.17) is 32.4 Å². The van der Waals surface area contributed by atoms with Gasteiger partial charge in [-0.15, -0.1) is 10.2 Å². The van der Waals surface area contributed by atoms with Crippen LogP contribution in [0, 0.1) is 6.92 Å². The van der Waals surface area contributed by atoms with Gasteiger partial charge in [0, 0.05) is 23.2 Å². The lowest BCUT2D eigenvalue weighted by Crippen LogP contribution is -2.20. The summed E-state index contributed by atoms with van der Waals surface area (Å²) in [6.07, 6.45) is 0. The number of rotatable bonds is 5. The number of nitrogens with zero attached hydrogens (tertiary/aromatic N) is 2. The summed E-state index contributed by atoms with van der Waals surface area (Å²) in [7, 11) is 0. The van der Waals surface area contributed by atoms with Crippen molar-refractivity contribution in [1.82, 2.24) is 10.2 Å². The van der Waals surface area contributed by atoms with Crippen molar-refractivity contribution in [3.63, 3.8) is 0 Å². The van der Waals surface area contributed by atoms with Gasteiger partial charge in [-0.25, -0.2) is 0 Å². The molecule has 0 spiro atoms. The Hall–Kier alpha value is -2.57. The number of carbonyl (C=O) groups excluding carboxylic acids is 1. The standard InChI is InChI=1S/C17H13Cl2N3O3/c1-10-21-22-17(25-10)11-2-5-13(6-3-11)20-16(23)9-24-15-7-4-12(18)8-14(15)19/h2-8H,9H2,1H3,(H,20,23). The molecule has 0 fully saturated rings. The Kier molecular flexibility index (Phi) is 5.21. The molecule has 0 aliphatic heterocycles. The fourth-order valence-electron chi connectivity index (χ4n) is 2.04. The molecule has 3 rings (SSSR count). The predicted octanol–water partition coefficient (Wildman–Crippen LogP) is 4.37. The SMILES string of the molecule is Cc1nnc(-c2ccc(NC(=O)COc3ccc(Cl)cc3Cl)cc2)o1. The third-order valence-corrected chi connectivity index (χ3v) is 3.72. The molecule has 128 valence electrons. The van der Waals surface area contributed by atoms with Gasteiger partial charge in [0.15, 0.2) is 6.61 Å². The Morgan fingerprint density at radius 2 is 1.92 bits per heavy atom. The maximum Gasteiger partial charge on any atom is 0.262 e. The minimum absolute atomic E-state index is 0.175. The molecule has 0 saturated heterocycles. The van der Waals surface area contributed by atoms with Crippen LogP contribution in [-0.4, -0.2) is 22.7 Å². The number of hydrogen-bond donors (Lipinski definition) is 1. The number of carbonyl (C=O) groups is 1. The first kappa shape index (κ1) is 17.3. The molecule has 1 aromatic heterocycles. The van der Waals surface area contributed by atoms with Crippen molar-refractivity contribution in [3.8, 4) is 17.2 Å². The fourth-order valence-corrected chi connectivity index (χ4v) is 2.51. The van der Waals surface area contributed by atoms with E-state index in [9.17, 15) is 4.79 Å². The third-order valence-electron chi connectivity index (χ3n) is 3.19. The fraction of sp³-hybridized carbons (Fsp3) is 0.118. The van der Waals surface area contributed by atoms with Crippen LogP contribution in [0.2, 0.25) is 10.0 Å². The molecule has 25 heavy (non-hydrogen) atoms. The van der Waals surface area contributed by atoms with Gasteiger partial charge in [-0.05, 0) is 42.5 Å². The number of ether oxygens (including phenoxy) is 1. The van der Waals surface area contributed by atoms with Crippen molar-refractivity contribution >= 4 is 34.8 Å². The van der Waals surface area contributed by atoms with Crippen LogP contribution < -0.4 is 10.1 Å². The number of hydrogen-bond acceptors (Lipinski definition) is 5. The number of amides is 1. The van der Waals surface area contributed by atoms with Gasteiger partial charge in [0.25, 0.3) is 5.91 Å². The molecule has 0 aliphatic rings. The summed E-state index contributed by atoms with van der Waals surface area (Å²) < 4.78 is 10.7. The van der Waals surface area contributed by atoms with E-state index in [-0.39, 0.29) is 12.5 Å². The molecule has 8 heteroatoms. The van der Waals surface area contributed by atoms with Gasteiger partial charge >= 0.3 is 0 Å². The Bertz CT molecular complexity index is 894. The highest BCUT2D eigenvalue weighted by Gasteiger charge is 2.09. The zero-order valence-corrected chi connectivity index (χ0v) is 14.6. The van der Waals surface area contributed by atoms with Crippen molar-refractivity contribution in [1.29, 1.82) is 0 Å². The first-order chi connectivity index (χ1) is 12.0. The Labute approximate surface area is 153 Å². The van der Waals surface area contributed by atoms with Gasteiger partial charge in [0.1, 0.15) is 5.75 Å². The van der Waals surface area contributed by atoms with Crippen LogP contribution in [0.3, 0.4) is 0 Å². The average Bonchev–Trinajstić information content (AvgIpc) is 3.01. The highest BCUT2D eigenvalue weighted by molar-refractivity contribution is 6.35. The monoisotopic (exact) mass is 377 g/mol. The Balaban J connectivity index is 1.57. The molecule has 1 heterocycles. The van der Waals surface area contributed by atoms with Crippen molar-refractivity contribution in [3.05, 3.63) is 58.4 Å². The van der Waals surface area contributed by atoms with E-state index in [2.05, 4.69) is 15.5 Å². The van der Waals surface area contributed by atoms with Gasteiger partial charge in [-0.2, -0.15) is 0 Å². The van der Waals surface area contributed by atoms with E-state index in [1.807, 2.05) is 0 Å². The van der Waals surface area contributed by atoms with Crippen molar-refractivity contribution in [2.45, 2.75) is 6.92 Å². The lowest BCUT2D eigenvalue weighted by Gasteiger charge is -2.09. The summed E-state index contributed by atoms with van der Waals surface area (Å²) in [6, 6.07) is 11.8. The predicted molar refractivity (Wildman–Crippen MR) is 95.1 cm³/mol. The normalized spacial score (nSPS) is 10.5. The largest absolute Gasteiger partial charge is 0.482 e. The average molecular weight is 378 g/mol. The molecule has 1 amide bonds. The summed E-state index contributed by atoms with van der Waals surface area (Å²) in [5.74, 6) is 0.997. The molecule has 1 N–H and O–H groups in total. The first-order valence-corrected chi connectivity index (χ1v) is 8.05. The Morgan fingerprint density at radius 1 is 1.16 bits per heavy atom. The third kappa shape index (κ3) is 4.49. The second-order valence-corrected chi connectivity index (χ2v) is 5.96. The molecular weight excluding hydrogens is 365 g/mol. The van der Waals surface area contributed by atoms with Crippen LogP contribution in [0.25, 0.3) is 11.5 Å². The second-order valence-electron chi connectivity index (χ2n) is 5.12. The van der Waals surface area contributed by atoms with Crippen LogP contribution in [0.15, 0.2) is 46.9 Å². The minimum atomic E-state index is -0.313. The summed E-state index contributed by atoms with van der Waals surface area (Å²) >= 11 is 11.8. The van der Waals surface area contributed by atoms with Crippen molar-refractivity contribution < 1.29 is 13.9 Å². The maximum absolute atomic E-state index is 12.0. The van der Waals surface area contributed by atoms with E-state index in [0.29, 0.717) is 33.3 Å². The molecule has 2 aromatic carbocycles.